The van der Waals surface area contributed by atoms with Gasteiger partial charge in [0.15, 0.2) is 0 Å². The molecule has 1 amide bonds. The van der Waals surface area contributed by atoms with Gasteiger partial charge in [0.1, 0.15) is 0 Å². The summed E-state index contributed by atoms with van der Waals surface area (Å²) in [5.74, 6) is 0.501. The van der Waals surface area contributed by atoms with Gasteiger partial charge in [-0.3, -0.25) is 4.79 Å². The molecule has 0 N–H and O–H groups in total. The van der Waals surface area contributed by atoms with Crippen molar-refractivity contribution in [3.63, 3.8) is 0 Å². The number of ether oxygens (including phenoxy) is 1. The molecule has 0 atom stereocenters. The van der Waals surface area contributed by atoms with Crippen LogP contribution in [0.3, 0.4) is 0 Å². The van der Waals surface area contributed by atoms with E-state index in [0.717, 1.165) is 25.9 Å². The molecule has 1 aromatic rings. The Morgan fingerprint density at radius 1 is 1.07 bits per heavy atom. The second-order valence-electron chi connectivity index (χ2n) is 8.72. The van der Waals surface area contributed by atoms with E-state index in [-0.39, 0.29) is 5.92 Å². The molecule has 2 aliphatic heterocycles. The third-order valence-corrected chi connectivity index (χ3v) is 6.74. The van der Waals surface area contributed by atoms with Crippen molar-refractivity contribution in [1.29, 1.82) is 0 Å². The number of benzene rings is 1. The fourth-order valence-electron chi connectivity index (χ4n) is 4.82. The van der Waals surface area contributed by atoms with Crippen LogP contribution in [0.15, 0.2) is 30.3 Å². The number of aryl methyl sites for hydroxylation is 1. The predicted octanol–water partition coefficient (Wildman–Crippen LogP) is 2.90. The third-order valence-electron chi connectivity index (χ3n) is 6.74. The maximum absolute atomic E-state index is 12.6. The normalized spacial score (nSPS) is 20.1. The van der Waals surface area contributed by atoms with Crippen LogP contribution in [0, 0.1) is 5.92 Å². The molecule has 0 aromatic heterocycles. The van der Waals surface area contributed by atoms with Gasteiger partial charge in [-0.2, -0.15) is 0 Å². The Kier molecular flexibility index (Phi) is 8.96. The van der Waals surface area contributed by atoms with Crippen molar-refractivity contribution in [3.05, 3.63) is 35.9 Å². The van der Waals surface area contributed by atoms with E-state index >= 15 is 0 Å². The minimum atomic E-state index is 0.200. The fourth-order valence-corrected chi connectivity index (χ4v) is 4.82. The smallest absolute Gasteiger partial charge is 0.225 e. The topological polar surface area (TPSA) is 36.0 Å². The molecular weight excluding hydrogens is 362 g/mol. The van der Waals surface area contributed by atoms with E-state index in [4.69, 9.17) is 4.74 Å². The molecule has 3 rings (SSSR count). The van der Waals surface area contributed by atoms with E-state index in [2.05, 4.69) is 40.1 Å². The largest absolute Gasteiger partial charge is 0.383 e. The van der Waals surface area contributed by atoms with Gasteiger partial charge in [-0.1, -0.05) is 30.3 Å². The lowest BCUT2D eigenvalue weighted by Gasteiger charge is -2.42. The summed E-state index contributed by atoms with van der Waals surface area (Å²) in [7, 11) is 3.59. The van der Waals surface area contributed by atoms with Crippen molar-refractivity contribution >= 4 is 5.91 Å². The van der Waals surface area contributed by atoms with Gasteiger partial charge in [-0.05, 0) is 76.8 Å². The Labute approximate surface area is 177 Å². The number of carbonyl (C=O) groups excluding carboxylic acids is 1. The molecule has 2 aliphatic rings. The van der Waals surface area contributed by atoms with Gasteiger partial charge >= 0.3 is 0 Å². The second kappa shape index (κ2) is 11.7. The maximum Gasteiger partial charge on any atom is 0.225 e. The van der Waals surface area contributed by atoms with Crippen LogP contribution >= 0.6 is 0 Å². The summed E-state index contributed by atoms with van der Waals surface area (Å²) in [6.45, 7) is 7.12. The van der Waals surface area contributed by atoms with Gasteiger partial charge in [-0.15, -0.1) is 0 Å². The molecule has 0 saturated carbocycles. The van der Waals surface area contributed by atoms with E-state index in [0.29, 0.717) is 25.1 Å². The van der Waals surface area contributed by atoms with E-state index in [1.165, 1.54) is 50.9 Å². The summed E-state index contributed by atoms with van der Waals surface area (Å²) in [5, 5.41) is 0. The van der Waals surface area contributed by atoms with Gasteiger partial charge in [0.2, 0.25) is 5.91 Å². The SMILES string of the molecule is COCCN(C)C(=O)C1CCN(C2CCN(CCCc3ccccc3)CC2)CC1. The zero-order chi connectivity index (χ0) is 20.5. The first-order chi connectivity index (χ1) is 14.2. The average molecular weight is 402 g/mol. The van der Waals surface area contributed by atoms with E-state index in [1.54, 1.807) is 7.11 Å². The number of methoxy groups -OCH3 is 1. The van der Waals surface area contributed by atoms with Gasteiger partial charge in [0.25, 0.3) is 0 Å². The molecule has 0 unspecified atom stereocenters. The van der Waals surface area contributed by atoms with Crippen LogP contribution in [0.4, 0.5) is 0 Å². The van der Waals surface area contributed by atoms with Crippen molar-refractivity contribution in [1.82, 2.24) is 14.7 Å². The molecule has 5 heteroatoms. The first kappa shape index (κ1) is 22.3. The quantitative estimate of drug-likeness (QED) is 0.637. The average Bonchev–Trinajstić information content (AvgIpc) is 2.78. The lowest BCUT2D eigenvalue weighted by Crippen LogP contribution is -2.49. The summed E-state index contributed by atoms with van der Waals surface area (Å²) in [6.07, 6.45) is 7.00. The van der Waals surface area contributed by atoms with Crippen molar-refractivity contribution < 1.29 is 9.53 Å². The Bertz CT molecular complexity index is 593. The van der Waals surface area contributed by atoms with Crippen molar-refractivity contribution in [3.8, 4) is 0 Å². The highest BCUT2D eigenvalue weighted by Gasteiger charge is 2.31. The van der Waals surface area contributed by atoms with Crippen LogP contribution in [0.1, 0.15) is 37.7 Å². The molecule has 162 valence electrons. The van der Waals surface area contributed by atoms with Gasteiger partial charge < -0.3 is 19.4 Å². The number of carbonyl (C=O) groups is 1. The minimum absolute atomic E-state index is 0.200. The molecule has 0 aliphatic carbocycles. The van der Waals surface area contributed by atoms with E-state index in [1.807, 2.05) is 11.9 Å². The van der Waals surface area contributed by atoms with Gasteiger partial charge in [-0.25, -0.2) is 0 Å². The number of amides is 1. The number of hydrogen-bond acceptors (Lipinski definition) is 4. The first-order valence-electron chi connectivity index (χ1n) is 11.4. The fraction of sp³-hybridized carbons (Fsp3) is 0.708. The van der Waals surface area contributed by atoms with Crippen LogP contribution < -0.4 is 0 Å². The Hall–Kier alpha value is -1.43. The number of likely N-dealkylation sites (N-methyl/N-ethyl adjacent to an activating group) is 1. The molecule has 0 bridgehead atoms. The highest BCUT2D eigenvalue weighted by molar-refractivity contribution is 5.78. The van der Waals surface area contributed by atoms with Crippen molar-refractivity contribution in [2.75, 3.05) is 60.0 Å². The molecule has 29 heavy (non-hydrogen) atoms. The molecule has 5 nitrogen and oxygen atoms in total. The monoisotopic (exact) mass is 401 g/mol. The Morgan fingerprint density at radius 3 is 2.41 bits per heavy atom. The lowest BCUT2D eigenvalue weighted by atomic mass is 9.92. The minimum Gasteiger partial charge on any atom is -0.383 e. The molecular formula is C24H39N3O2. The zero-order valence-corrected chi connectivity index (χ0v) is 18.4. The molecule has 1 aromatic carbocycles. The highest BCUT2D eigenvalue weighted by atomic mass is 16.5. The second-order valence-corrected chi connectivity index (χ2v) is 8.72. The summed E-state index contributed by atoms with van der Waals surface area (Å²) in [5.41, 5.74) is 1.45. The lowest BCUT2D eigenvalue weighted by molar-refractivity contribution is -0.136. The molecule has 0 spiro atoms. The summed E-state index contributed by atoms with van der Waals surface area (Å²) in [6, 6.07) is 11.5. The predicted molar refractivity (Wildman–Crippen MR) is 118 cm³/mol. The Morgan fingerprint density at radius 2 is 1.76 bits per heavy atom. The van der Waals surface area contributed by atoms with Crippen molar-refractivity contribution in [2.24, 2.45) is 5.92 Å². The standard InChI is InChI=1S/C24H39N3O2/c1-25(19-20-29-2)24(28)22-10-17-27(18-11-22)23-12-15-26(16-13-23)14-6-9-21-7-4-3-5-8-21/h3-5,7-8,22-23H,6,9-20H2,1-2H3. The molecule has 2 heterocycles. The number of likely N-dealkylation sites (tertiary alicyclic amines) is 2. The summed E-state index contributed by atoms with van der Waals surface area (Å²) >= 11 is 0. The molecule has 0 radical (unpaired) electrons. The van der Waals surface area contributed by atoms with Crippen LogP contribution in [-0.2, 0) is 16.0 Å². The number of nitrogens with zero attached hydrogens (tertiary/aromatic N) is 3. The van der Waals surface area contributed by atoms with E-state index < -0.39 is 0 Å². The Balaban J connectivity index is 1.32. The molecule has 2 fully saturated rings. The third kappa shape index (κ3) is 6.80. The number of hydrogen-bond donors (Lipinski definition) is 0. The van der Waals surface area contributed by atoms with Crippen LogP contribution in [0.25, 0.3) is 0 Å². The van der Waals surface area contributed by atoms with Crippen molar-refractivity contribution in [2.45, 2.75) is 44.6 Å². The first-order valence-corrected chi connectivity index (χ1v) is 11.4. The summed E-state index contributed by atoms with van der Waals surface area (Å²) in [4.78, 5) is 19.7. The maximum atomic E-state index is 12.6. The number of piperidine rings is 2. The number of rotatable bonds is 9. The highest BCUT2D eigenvalue weighted by Crippen LogP contribution is 2.25. The van der Waals surface area contributed by atoms with Crippen LogP contribution in [0.2, 0.25) is 0 Å². The van der Waals surface area contributed by atoms with Gasteiger partial charge in [0, 0.05) is 32.7 Å². The zero-order valence-electron chi connectivity index (χ0n) is 18.4. The van der Waals surface area contributed by atoms with Gasteiger partial charge in [0.05, 0.1) is 6.61 Å². The van der Waals surface area contributed by atoms with Crippen LogP contribution in [-0.4, -0.2) is 86.7 Å². The van der Waals surface area contributed by atoms with E-state index in [9.17, 15) is 4.79 Å². The van der Waals surface area contributed by atoms with Crippen LogP contribution in [0.5, 0.6) is 0 Å². The molecule has 2 saturated heterocycles. The summed E-state index contributed by atoms with van der Waals surface area (Å²) < 4.78 is 5.10.